The zero-order valence-corrected chi connectivity index (χ0v) is 16.8. The molecule has 0 radical (unpaired) electrons. The highest BCUT2D eigenvalue weighted by Crippen LogP contribution is 2.26. The van der Waals surface area contributed by atoms with Gasteiger partial charge < -0.3 is 10.2 Å². The molecule has 2 amide bonds. The van der Waals surface area contributed by atoms with Crippen molar-refractivity contribution in [3.05, 3.63) is 40.4 Å². The minimum Gasteiger partial charge on any atom is -0.350 e. The molecule has 1 aliphatic heterocycles. The number of hydrogen-bond donors (Lipinski definition) is 1. The van der Waals surface area contributed by atoms with Crippen molar-refractivity contribution in [3.8, 4) is 0 Å². The molecule has 1 heterocycles. The number of aryl methyl sites for hydroxylation is 1. The van der Waals surface area contributed by atoms with Gasteiger partial charge in [0.1, 0.15) is 0 Å². The van der Waals surface area contributed by atoms with E-state index in [9.17, 15) is 9.59 Å². The predicted molar refractivity (Wildman–Crippen MR) is 110 cm³/mol. The SMILES string of the molecule is Cc1ccc(C=CC(=O)NC2CCN(C(=O)C3CCCCC3)CC2)cc1Cl. The highest BCUT2D eigenvalue weighted by Gasteiger charge is 2.29. The van der Waals surface area contributed by atoms with Crippen LogP contribution in [0.25, 0.3) is 6.08 Å². The summed E-state index contributed by atoms with van der Waals surface area (Å²) >= 11 is 6.11. The van der Waals surface area contributed by atoms with Gasteiger partial charge in [0.2, 0.25) is 11.8 Å². The molecule has 1 aromatic rings. The number of nitrogens with one attached hydrogen (secondary N) is 1. The molecule has 1 saturated carbocycles. The highest BCUT2D eigenvalue weighted by atomic mass is 35.5. The fraction of sp³-hybridized carbons (Fsp3) is 0.545. The smallest absolute Gasteiger partial charge is 0.244 e. The molecule has 1 aliphatic carbocycles. The largest absolute Gasteiger partial charge is 0.350 e. The third-order valence-corrected chi connectivity index (χ3v) is 6.14. The third kappa shape index (κ3) is 5.58. The quantitative estimate of drug-likeness (QED) is 0.779. The van der Waals surface area contributed by atoms with Gasteiger partial charge in [-0.25, -0.2) is 0 Å². The lowest BCUT2D eigenvalue weighted by Crippen LogP contribution is -2.48. The molecule has 4 nitrogen and oxygen atoms in total. The van der Waals surface area contributed by atoms with Gasteiger partial charge in [-0.15, -0.1) is 0 Å². The van der Waals surface area contributed by atoms with E-state index in [-0.39, 0.29) is 17.9 Å². The first-order chi connectivity index (χ1) is 13.0. The number of carbonyl (C=O) groups excluding carboxylic acids is 2. The van der Waals surface area contributed by atoms with E-state index in [0.717, 1.165) is 49.9 Å². The molecule has 27 heavy (non-hydrogen) atoms. The second kappa shape index (κ2) is 9.41. The first-order valence-electron chi connectivity index (χ1n) is 10.1. The van der Waals surface area contributed by atoms with Crippen molar-refractivity contribution in [2.24, 2.45) is 5.92 Å². The van der Waals surface area contributed by atoms with E-state index in [1.165, 1.54) is 19.3 Å². The molecular weight excluding hydrogens is 360 g/mol. The average Bonchev–Trinajstić information content (AvgIpc) is 2.69. The van der Waals surface area contributed by atoms with E-state index >= 15 is 0 Å². The van der Waals surface area contributed by atoms with Gasteiger partial charge in [-0.3, -0.25) is 9.59 Å². The molecule has 3 rings (SSSR count). The van der Waals surface area contributed by atoms with Crippen LogP contribution in [0, 0.1) is 12.8 Å². The molecule has 146 valence electrons. The molecule has 1 saturated heterocycles. The van der Waals surface area contributed by atoms with E-state index < -0.39 is 0 Å². The maximum Gasteiger partial charge on any atom is 0.244 e. The Bertz CT molecular complexity index is 702. The number of benzene rings is 1. The maximum absolute atomic E-state index is 12.6. The highest BCUT2D eigenvalue weighted by molar-refractivity contribution is 6.31. The molecule has 0 atom stereocenters. The van der Waals surface area contributed by atoms with Crippen LogP contribution in [0.4, 0.5) is 0 Å². The van der Waals surface area contributed by atoms with Crippen molar-refractivity contribution < 1.29 is 9.59 Å². The predicted octanol–water partition coefficient (Wildman–Crippen LogP) is 4.35. The van der Waals surface area contributed by atoms with Crippen LogP contribution in [0.3, 0.4) is 0 Å². The molecule has 0 bridgehead atoms. The van der Waals surface area contributed by atoms with E-state index in [1.807, 2.05) is 30.0 Å². The molecule has 1 N–H and O–H groups in total. The van der Waals surface area contributed by atoms with Crippen LogP contribution in [-0.4, -0.2) is 35.8 Å². The van der Waals surface area contributed by atoms with Gasteiger partial charge in [-0.2, -0.15) is 0 Å². The molecular formula is C22H29ClN2O2. The Hall–Kier alpha value is -1.81. The number of amides is 2. The van der Waals surface area contributed by atoms with Gasteiger partial charge in [0.15, 0.2) is 0 Å². The van der Waals surface area contributed by atoms with Crippen LogP contribution in [0.5, 0.6) is 0 Å². The Morgan fingerprint density at radius 2 is 1.81 bits per heavy atom. The van der Waals surface area contributed by atoms with E-state index in [4.69, 9.17) is 11.6 Å². The normalized spacial score (nSPS) is 19.4. The number of hydrogen-bond acceptors (Lipinski definition) is 2. The van der Waals surface area contributed by atoms with E-state index in [2.05, 4.69) is 5.32 Å². The van der Waals surface area contributed by atoms with Crippen molar-refractivity contribution in [1.29, 1.82) is 0 Å². The first kappa shape index (κ1) is 19.9. The minimum absolute atomic E-state index is 0.0937. The third-order valence-electron chi connectivity index (χ3n) is 5.73. The van der Waals surface area contributed by atoms with Crippen molar-refractivity contribution in [2.45, 2.75) is 57.9 Å². The van der Waals surface area contributed by atoms with Crippen LogP contribution in [0.1, 0.15) is 56.1 Å². The molecule has 5 heteroatoms. The van der Waals surface area contributed by atoms with Gasteiger partial charge in [0.05, 0.1) is 0 Å². The minimum atomic E-state index is -0.0937. The summed E-state index contributed by atoms with van der Waals surface area (Å²) in [5, 5.41) is 3.76. The van der Waals surface area contributed by atoms with Gasteiger partial charge >= 0.3 is 0 Å². The monoisotopic (exact) mass is 388 g/mol. The number of carbonyl (C=O) groups is 2. The van der Waals surface area contributed by atoms with Crippen LogP contribution in [0.2, 0.25) is 5.02 Å². The van der Waals surface area contributed by atoms with E-state index in [0.29, 0.717) is 10.9 Å². The number of halogens is 1. The second-order valence-electron chi connectivity index (χ2n) is 7.79. The lowest BCUT2D eigenvalue weighted by molar-refractivity contribution is -0.137. The van der Waals surface area contributed by atoms with Crippen LogP contribution < -0.4 is 5.32 Å². The van der Waals surface area contributed by atoms with Crippen molar-refractivity contribution >= 4 is 29.5 Å². The number of nitrogens with zero attached hydrogens (tertiary/aromatic N) is 1. The number of likely N-dealkylation sites (tertiary alicyclic amines) is 1. The maximum atomic E-state index is 12.6. The summed E-state index contributed by atoms with van der Waals surface area (Å²) in [6.45, 7) is 3.45. The lowest BCUT2D eigenvalue weighted by atomic mass is 9.87. The summed E-state index contributed by atoms with van der Waals surface area (Å²) < 4.78 is 0. The van der Waals surface area contributed by atoms with Gasteiger partial charge in [-0.05, 0) is 55.9 Å². The van der Waals surface area contributed by atoms with E-state index in [1.54, 1.807) is 12.2 Å². The zero-order chi connectivity index (χ0) is 19.2. The summed E-state index contributed by atoms with van der Waals surface area (Å²) in [7, 11) is 0. The van der Waals surface area contributed by atoms with Gasteiger partial charge in [0.25, 0.3) is 0 Å². The van der Waals surface area contributed by atoms with Gasteiger partial charge in [0, 0.05) is 36.1 Å². The molecule has 0 aromatic heterocycles. The zero-order valence-electron chi connectivity index (χ0n) is 16.0. The fourth-order valence-corrected chi connectivity index (χ4v) is 4.17. The van der Waals surface area contributed by atoms with Crippen LogP contribution in [0.15, 0.2) is 24.3 Å². The molecule has 0 unspecified atom stereocenters. The lowest BCUT2D eigenvalue weighted by Gasteiger charge is -2.35. The molecule has 2 fully saturated rings. The standard InChI is InChI=1S/C22H29ClN2O2/c1-16-7-8-17(15-20(16)23)9-10-21(26)24-19-11-13-25(14-12-19)22(27)18-5-3-2-4-6-18/h7-10,15,18-19H,2-6,11-14H2,1H3,(H,24,26). The van der Waals surface area contributed by atoms with Gasteiger partial charge in [-0.1, -0.05) is 43.0 Å². The Morgan fingerprint density at radius 1 is 1.11 bits per heavy atom. The average molecular weight is 389 g/mol. The van der Waals surface area contributed by atoms with Crippen LogP contribution in [-0.2, 0) is 9.59 Å². The van der Waals surface area contributed by atoms with Crippen molar-refractivity contribution in [3.63, 3.8) is 0 Å². The Balaban J connectivity index is 1.44. The Morgan fingerprint density at radius 3 is 2.48 bits per heavy atom. The summed E-state index contributed by atoms with van der Waals surface area (Å²) in [5.41, 5.74) is 1.93. The van der Waals surface area contributed by atoms with Crippen LogP contribution >= 0.6 is 11.6 Å². The first-order valence-corrected chi connectivity index (χ1v) is 10.4. The number of rotatable bonds is 4. The topological polar surface area (TPSA) is 49.4 Å². The Labute approximate surface area is 167 Å². The Kier molecular flexibility index (Phi) is 6.95. The second-order valence-corrected chi connectivity index (χ2v) is 8.19. The fourth-order valence-electron chi connectivity index (χ4n) is 3.99. The molecule has 1 aromatic carbocycles. The molecule has 0 spiro atoms. The summed E-state index contributed by atoms with van der Waals surface area (Å²) in [4.78, 5) is 26.8. The molecule has 2 aliphatic rings. The van der Waals surface area contributed by atoms with Crippen molar-refractivity contribution in [1.82, 2.24) is 10.2 Å². The number of piperidine rings is 1. The summed E-state index contributed by atoms with van der Waals surface area (Å²) in [5.74, 6) is 0.466. The van der Waals surface area contributed by atoms with Crippen molar-refractivity contribution in [2.75, 3.05) is 13.1 Å². The summed E-state index contributed by atoms with van der Waals surface area (Å²) in [6.07, 6.45) is 10.7. The summed E-state index contributed by atoms with van der Waals surface area (Å²) in [6, 6.07) is 5.88.